The van der Waals surface area contributed by atoms with E-state index in [-0.39, 0.29) is 24.8 Å². The summed E-state index contributed by atoms with van der Waals surface area (Å²) >= 11 is -1.79. The first-order valence-electron chi connectivity index (χ1n) is 16.3. The third kappa shape index (κ3) is 6.17. The minimum atomic E-state index is -1.79. The minimum absolute atomic E-state index is 0. The monoisotopic (exact) mass is 666 g/mol. The van der Waals surface area contributed by atoms with Gasteiger partial charge in [-0.3, -0.25) is 0 Å². The van der Waals surface area contributed by atoms with Gasteiger partial charge >= 0.3 is 266 Å². The summed E-state index contributed by atoms with van der Waals surface area (Å²) < 4.78 is 4.28. The Kier molecular flexibility index (Phi) is 10.3. The van der Waals surface area contributed by atoms with Gasteiger partial charge in [0.1, 0.15) is 0 Å². The van der Waals surface area contributed by atoms with Gasteiger partial charge in [0.05, 0.1) is 0 Å². The number of rotatable bonds is 4. The van der Waals surface area contributed by atoms with Crippen LogP contribution in [0.4, 0.5) is 0 Å². The molecule has 0 spiro atoms. The standard InChI is InChI=1S/C31H29.C6H10.C5H5.2ClH.Ti/c1-18-11-20(3)30(21(4)12-18)26-9-7-24-15-25-8-10-27(17-29(25)28(24)16-26)31-22(5)13-19(2)14-23(31)6;1-2-4-6-5-3-1;1-2-4-5-3-1;;;/h7-17H,1-6H3;1-5H2;1-3H,4H2;2*1H;/q;;;;;+2/p-2. The molecular formula is C42H44Cl2Ti. The van der Waals surface area contributed by atoms with Gasteiger partial charge in [-0.1, -0.05) is 0 Å². The van der Waals surface area contributed by atoms with Crippen molar-refractivity contribution in [1.82, 2.24) is 0 Å². The van der Waals surface area contributed by atoms with Crippen LogP contribution in [-0.2, 0) is 17.4 Å². The number of benzene rings is 4. The number of hydrogen-bond acceptors (Lipinski definition) is 0. The van der Waals surface area contributed by atoms with Crippen molar-refractivity contribution in [3.05, 3.63) is 127 Å². The smallest absolute Gasteiger partial charge is 1.00 e. The van der Waals surface area contributed by atoms with Crippen molar-refractivity contribution in [2.24, 2.45) is 0 Å². The molecule has 0 nitrogen and oxygen atoms in total. The molecule has 0 radical (unpaired) electrons. The van der Waals surface area contributed by atoms with Crippen LogP contribution in [0, 0.1) is 41.5 Å². The predicted molar refractivity (Wildman–Crippen MR) is 183 cm³/mol. The maximum Gasteiger partial charge on any atom is -1.00 e. The normalized spacial score (nSPS) is 15.0. The van der Waals surface area contributed by atoms with E-state index in [1.165, 1.54) is 105 Å². The molecule has 0 heterocycles. The van der Waals surface area contributed by atoms with Crippen LogP contribution in [0.2, 0.25) is 0 Å². The van der Waals surface area contributed by atoms with E-state index in [4.69, 9.17) is 0 Å². The molecule has 4 aromatic rings. The second-order valence-corrected chi connectivity index (χ2v) is 17.8. The van der Waals surface area contributed by atoms with Crippen LogP contribution in [0.15, 0.2) is 82.8 Å². The molecule has 0 bridgehead atoms. The molecule has 3 aliphatic rings. The maximum atomic E-state index is 2.56. The van der Waals surface area contributed by atoms with Crippen molar-refractivity contribution < 1.29 is 42.2 Å². The van der Waals surface area contributed by atoms with Crippen molar-refractivity contribution in [2.75, 3.05) is 0 Å². The molecule has 0 saturated heterocycles. The molecule has 45 heavy (non-hydrogen) atoms. The van der Waals surface area contributed by atoms with Crippen LogP contribution in [0.25, 0.3) is 33.4 Å². The molecule has 0 aromatic heterocycles. The zero-order chi connectivity index (χ0) is 29.8. The summed E-state index contributed by atoms with van der Waals surface area (Å²) in [5.41, 5.74) is 19.9. The molecule has 0 aliphatic heterocycles. The predicted octanol–water partition coefficient (Wildman–Crippen LogP) is 5.55. The van der Waals surface area contributed by atoms with Gasteiger partial charge in [-0.15, -0.1) is 0 Å². The Morgan fingerprint density at radius 2 is 1.04 bits per heavy atom. The largest absolute Gasteiger partial charge is 1.00 e. The van der Waals surface area contributed by atoms with Gasteiger partial charge in [-0.2, -0.15) is 0 Å². The van der Waals surface area contributed by atoms with E-state index in [9.17, 15) is 0 Å². The first-order chi connectivity index (χ1) is 20.8. The second kappa shape index (κ2) is 13.7. The van der Waals surface area contributed by atoms with Crippen LogP contribution in [0.5, 0.6) is 0 Å². The van der Waals surface area contributed by atoms with Crippen LogP contribution in [0.1, 0.15) is 87.3 Å². The van der Waals surface area contributed by atoms with Crippen LogP contribution < -0.4 is 24.8 Å². The Morgan fingerprint density at radius 1 is 0.578 bits per heavy atom. The first kappa shape index (κ1) is 33.9. The SMILES string of the molecule is Cc1cc(C)c(-c2ccc3c(c2)-c2cc(-c4c(C)cc(C)cc4C)ccc2[CH]3[Ti+2]([C]2=CC=CC2)=[C]2CCCCC2)c(C)c1.[Cl-].[Cl-]. The summed E-state index contributed by atoms with van der Waals surface area (Å²) in [5, 5.41) is 0. The van der Waals surface area contributed by atoms with Crippen molar-refractivity contribution >= 4 is 3.81 Å². The van der Waals surface area contributed by atoms with E-state index < -0.39 is 17.4 Å². The number of hydrogen-bond donors (Lipinski definition) is 0. The molecule has 3 aliphatic carbocycles. The molecule has 0 atom stereocenters. The Balaban J connectivity index is 0.00000200. The average molecular weight is 668 g/mol. The van der Waals surface area contributed by atoms with Gasteiger partial charge in [-0.05, 0) is 0 Å². The van der Waals surface area contributed by atoms with Crippen molar-refractivity contribution in [3.63, 3.8) is 0 Å². The number of halogens is 2. The van der Waals surface area contributed by atoms with Gasteiger partial charge in [0.2, 0.25) is 0 Å². The molecule has 3 heteroatoms. The fraction of sp³-hybridized carbons (Fsp3) is 0.310. The Hall–Kier alpha value is -2.48. The minimum Gasteiger partial charge on any atom is -1.00 e. The molecule has 1 fully saturated rings. The van der Waals surface area contributed by atoms with Gasteiger partial charge in [0.25, 0.3) is 0 Å². The third-order valence-electron chi connectivity index (χ3n) is 10.2. The molecule has 0 amide bonds. The molecular weight excluding hydrogens is 623 g/mol. The fourth-order valence-electron chi connectivity index (χ4n) is 8.65. The number of aryl methyl sites for hydroxylation is 6. The van der Waals surface area contributed by atoms with E-state index >= 15 is 0 Å². The van der Waals surface area contributed by atoms with Gasteiger partial charge in [-0.25, -0.2) is 0 Å². The first-order valence-corrected chi connectivity index (χ1v) is 18.8. The summed E-state index contributed by atoms with van der Waals surface area (Å²) in [4.78, 5) is 0. The summed E-state index contributed by atoms with van der Waals surface area (Å²) in [7, 11) is 0. The Bertz CT molecular complexity index is 1730. The average Bonchev–Trinajstić information content (AvgIpc) is 3.60. The summed E-state index contributed by atoms with van der Waals surface area (Å²) in [6, 6.07) is 24.5. The van der Waals surface area contributed by atoms with Crippen LogP contribution in [-0.4, -0.2) is 3.81 Å². The topological polar surface area (TPSA) is 0 Å². The van der Waals surface area contributed by atoms with E-state index in [2.05, 4.69) is 120 Å². The second-order valence-electron chi connectivity index (χ2n) is 13.5. The van der Waals surface area contributed by atoms with Crippen LogP contribution in [0.3, 0.4) is 0 Å². The van der Waals surface area contributed by atoms with E-state index in [1.54, 1.807) is 15.0 Å². The summed E-state index contributed by atoms with van der Waals surface area (Å²) in [6.45, 7) is 13.6. The molecule has 1 saturated carbocycles. The van der Waals surface area contributed by atoms with E-state index in [0.717, 1.165) is 0 Å². The quantitative estimate of drug-likeness (QED) is 0.251. The fourth-order valence-corrected chi connectivity index (χ4v) is 14.7. The zero-order valence-electron chi connectivity index (χ0n) is 27.6. The van der Waals surface area contributed by atoms with Crippen molar-refractivity contribution in [1.29, 1.82) is 0 Å². The molecule has 7 rings (SSSR count). The van der Waals surface area contributed by atoms with E-state index in [1.807, 2.05) is 3.81 Å². The maximum absolute atomic E-state index is 2.56. The third-order valence-corrected chi connectivity index (χ3v) is 15.7. The molecule has 0 N–H and O–H groups in total. The molecule has 230 valence electrons. The van der Waals surface area contributed by atoms with Crippen molar-refractivity contribution in [3.8, 4) is 33.4 Å². The van der Waals surface area contributed by atoms with Crippen molar-refractivity contribution in [2.45, 2.75) is 84.3 Å². The molecule has 4 aromatic carbocycles. The van der Waals surface area contributed by atoms with Crippen LogP contribution >= 0.6 is 0 Å². The Labute approximate surface area is 289 Å². The summed E-state index contributed by atoms with van der Waals surface area (Å²) in [5.74, 6) is 0. The summed E-state index contributed by atoms with van der Waals surface area (Å²) in [6.07, 6.45) is 15.3. The zero-order valence-corrected chi connectivity index (χ0v) is 30.7. The molecule has 0 unspecified atom stereocenters. The Morgan fingerprint density at radius 3 is 1.47 bits per heavy atom. The number of fused-ring (bicyclic) bond motifs is 3. The van der Waals surface area contributed by atoms with E-state index in [0.29, 0.717) is 4.22 Å². The van der Waals surface area contributed by atoms with Gasteiger partial charge < -0.3 is 24.8 Å². The number of allylic oxidation sites excluding steroid dienone is 4. The van der Waals surface area contributed by atoms with Gasteiger partial charge in [0, 0.05) is 0 Å². The van der Waals surface area contributed by atoms with Gasteiger partial charge in [0.15, 0.2) is 0 Å².